The number of pyridine rings is 1. The van der Waals surface area contributed by atoms with E-state index in [1.54, 1.807) is 16.7 Å². The van der Waals surface area contributed by atoms with Gasteiger partial charge in [0.15, 0.2) is 5.11 Å². The maximum absolute atomic E-state index is 15.0. The molecule has 1 saturated heterocycles. The SMILES string of the molecule is CCn1cc(C(=O)O)c(=O)c2cc(F)c(N3CCN(C(=S)Nc4ccccc4Cl)CC3)cc21. The molecule has 10 heteroatoms. The number of hydrogen-bond acceptors (Lipinski definition) is 4. The summed E-state index contributed by atoms with van der Waals surface area (Å²) in [6.45, 7) is 4.48. The molecule has 33 heavy (non-hydrogen) atoms. The first-order valence-electron chi connectivity index (χ1n) is 10.5. The molecule has 1 aliphatic heterocycles. The zero-order chi connectivity index (χ0) is 23.7. The van der Waals surface area contributed by atoms with E-state index >= 15 is 4.39 Å². The van der Waals surface area contributed by atoms with E-state index in [4.69, 9.17) is 23.8 Å². The van der Waals surface area contributed by atoms with Gasteiger partial charge in [0.1, 0.15) is 11.4 Å². The van der Waals surface area contributed by atoms with E-state index in [0.717, 1.165) is 11.8 Å². The van der Waals surface area contributed by atoms with Crippen LogP contribution >= 0.6 is 23.8 Å². The Morgan fingerprint density at radius 1 is 1.21 bits per heavy atom. The molecule has 0 radical (unpaired) electrons. The molecule has 1 fully saturated rings. The molecule has 0 unspecified atom stereocenters. The quantitative estimate of drug-likeness (QED) is 0.537. The van der Waals surface area contributed by atoms with Crippen LogP contribution in [0.25, 0.3) is 10.9 Å². The molecule has 0 bridgehead atoms. The summed E-state index contributed by atoms with van der Waals surface area (Å²) in [5, 5.41) is 13.6. The first-order chi connectivity index (χ1) is 15.8. The minimum atomic E-state index is -1.33. The van der Waals surface area contributed by atoms with Crippen molar-refractivity contribution in [3.05, 3.63) is 69.2 Å². The van der Waals surface area contributed by atoms with Gasteiger partial charge in [-0.3, -0.25) is 4.79 Å². The summed E-state index contributed by atoms with van der Waals surface area (Å²) in [6.07, 6.45) is 1.31. The monoisotopic (exact) mass is 488 g/mol. The van der Waals surface area contributed by atoms with Gasteiger partial charge < -0.3 is 24.8 Å². The van der Waals surface area contributed by atoms with Gasteiger partial charge in [0.25, 0.3) is 0 Å². The molecule has 0 saturated carbocycles. The first-order valence-corrected chi connectivity index (χ1v) is 11.2. The summed E-state index contributed by atoms with van der Waals surface area (Å²) in [4.78, 5) is 27.9. The third-order valence-corrected chi connectivity index (χ3v) is 6.43. The average molecular weight is 489 g/mol. The minimum absolute atomic E-state index is 0.0572. The van der Waals surface area contributed by atoms with Gasteiger partial charge >= 0.3 is 5.97 Å². The Labute approximate surface area is 200 Å². The fraction of sp³-hybridized carbons (Fsp3) is 0.261. The van der Waals surface area contributed by atoms with E-state index in [2.05, 4.69) is 5.32 Å². The lowest BCUT2D eigenvalue weighted by molar-refractivity contribution is 0.0695. The van der Waals surface area contributed by atoms with Crippen LogP contribution in [0.5, 0.6) is 0 Å². The molecule has 0 amide bonds. The zero-order valence-corrected chi connectivity index (χ0v) is 19.4. The molecule has 0 aliphatic carbocycles. The molecule has 2 aromatic carbocycles. The molecule has 0 spiro atoms. The van der Waals surface area contributed by atoms with Crippen molar-refractivity contribution in [2.75, 3.05) is 36.4 Å². The fourth-order valence-electron chi connectivity index (χ4n) is 3.96. The van der Waals surface area contributed by atoms with Crippen LogP contribution in [0, 0.1) is 5.82 Å². The number of piperazine rings is 1. The highest BCUT2D eigenvalue weighted by Crippen LogP contribution is 2.27. The molecule has 7 nitrogen and oxygen atoms in total. The summed E-state index contributed by atoms with van der Waals surface area (Å²) < 4.78 is 16.7. The zero-order valence-electron chi connectivity index (χ0n) is 17.8. The number of carboxylic acids is 1. The molecule has 1 aromatic heterocycles. The number of aryl methyl sites for hydroxylation is 1. The van der Waals surface area contributed by atoms with Crippen molar-refractivity contribution in [3.8, 4) is 0 Å². The third-order valence-electron chi connectivity index (χ3n) is 5.74. The molecule has 2 heterocycles. The van der Waals surface area contributed by atoms with Gasteiger partial charge in [-0.05, 0) is 43.4 Å². The van der Waals surface area contributed by atoms with Crippen LogP contribution in [-0.4, -0.2) is 51.8 Å². The third kappa shape index (κ3) is 4.51. The average Bonchev–Trinajstić information content (AvgIpc) is 2.80. The van der Waals surface area contributed by atoms with Crippen molar-refractivity contribution in [1.82, 2.24) is 9.47 Å². The van der Waals surface area contributed by atoms with Gasteiger partial charge in [-0.1, -0.05) is 23.7 Å². The summed E-state index contributed by atoms with van der Waals surface area (Å²) in [6, 6.07) is 10.1. The van der Waals surface area contributed by atoms with E-state index in [-0.39, 0.29) is 10.9 Å². The molecule has 4 rings (SSSR count). The van der Waals surface area contributed by atoms with Gasteiger partial charge in [0, 0.05) is 44.3 Å². The van der Waals surface area contributed by atoms with Gasteiger partial charge in [-0.2, -0.15) is 0 Å². The number of fused-ring (bicyclic) bond motifs is 1. The first kappa shape index (κ1) is 23.0. The number of benzene rings is 2. The number of halogens is 2. The topological polar surface area (TPSA) is 77.8 Å². The van der Waals surface area contributed by atoms with Crippen LogP contribution in [0.1, 0.15) is 17.3 Å². The van der Waals surface area contributed by atoms with Crippen molar-refractivity contribution in [2.24, 2.45) is 0 Å². The summed E-state index contributed by atoms with van der Waals surface area (Å²) in [5.41, 5.74) is 0.544. The van der Waals surface area contributed by atoms with E-state index in [1.165, 1.54) is 6.20 Å². The highest BCUT2D eigenvalue weighted by Gasteiger charge is 2.23. The van der Waals surface area contributed by atoms with Crippen LogP contribution < -0.4 is 15.6 Å². The van der Waals surface area contributed by atoms with Crippen molar-refractivity contribution in [3.63, 3.8) is 0 Å². The summed E-state index contributed by atoms with van der Waals surface area (Å²) in [7, 11) is 0. The Kier molecular flexibility index (Phi) is 6.53. The predicted molar refractivity (Wildman–Crippen MR) is 132 cm³/mol. The van der Waals surface area contributed by atoms with Gasteiger partial charge in [0.05, 0.1) is 21.9 Å². The lowest BCUT2D eigenvalue weighted by Crippen LogP contribution is -2.50. The number of nitrogens with one attached hydrogen (secondary N) is 1. The maximum atomic E-state index is 15.0. The molecule has 1 aliphatic rings. The Morgan fingerprint density at radius 3 is 2.55 bits per heavy atom. The number of aromatic carboxylic acids is 1. The minimum Gasteiger partial charge on any atom is -0.477 e. The fourth-order valence-corrected chi connectivity index (χ4v) is 4.44. The number of aromatic nitrogens is 1. The second kappa shape index (κ2) is 9.36. The lowest BCUT2D eigenvalue weighted by atomic mass is 10.1. The highest BCUT2D eigenvalue weighted by molar-refractivity contribution is 7.80. The summed E-state index contributed by atoms with van der Waals surface area (Å²) >= 11 is 11.7. The van der Waals surface area contributed by atoms with Gasteiger partial charge in [-0.15, -0.1) is 0 Å². The number of para-hydroxylation sites is 1. The van der Waals surface area contributed by atoms with Crippen LogP contribution in [0.4, 0.5) is 15.8 Å². The number of anilines is 2. The molecule has 0 atom stereocenters. The molecular weight excluding hydrogens is 467 g/mol. The second-order valence-electron chi connectivity index (χ2n) is 7.67. The van der Waals surface area contributed by atoms with Crippen LogP contribution in [0.15, 0.2) is 47.4 Å². The molecule has 172 valence electrons. The van der Waals surface area contributed by atoms with Crippen LogP contribution in [0.3, 0.4) is 0 Å². The number of carboxylic acid groups (broad SMARTS) is 1. The van der Waals surface area contributed by atoms with Crippen LogP contribution in [-0.2, 0) is 6.54 Å². The van der Waals surface area contributed by atoms with Gasteiger partial charge in [-0.25, -0.2) is 9.18 Å². The number of thiocarbonyl (C=S) groups is 1. The molecule has 3 aromatic rings. The van der Waals surface area contributed by atoms with Crippen molar-refractivity contribution in [1.29, 1.82) is 0 Å². The largest absolute Gasteiger partial charge is 0.477 e. The number of nitrogens with zero attached hydrogens (tertiary/aromatic N) is 3. The van der Waals surface area contributed by atoms with E-state index in [1.807, 2.05) is 34.9 Å². The Morgan fingerprint density at radius 2 is 1.91 bits per heavy atom. The Hall–Kier alpha value is -3.17. The standard InChI is InChI=1S/C23H22ClFN4O3S/c1-2-27-13-15(22(31)32)21(30)14-11-17(25)20(12-19(14)27)28-7-9-29(10-8-28)23(33)26-18-6-4-3-5-16(18)24/h3-6,11-13H,2,7-10H2,1H3,(H,26,33)(H,31,32). The lowest BCUT2D eigenvalue weighted by Gasteiger charge is -2.37. The number of hydrogen-bond donors (Lipinski definition) is 2. The molecular formula is C23H22ClFN4O3S. The normalized spacial score (nSPS) is 13.9. The Bertz CT molecular complexity index is 1300. The Balaban J connectivity index is 1.56. The highest BCUT2D eigenvalue weighted by atomic mass is 35.5. The number of rotatable bonds is 4. The van der Waals surface area contributed by atoms with E-state index < -0.39 is 17.2 Å². The summed E-state index contributed by atoms with van der Waals surface area (Å²) in [5.74, 6) is -1.89. The predicted octanol–water partition coefficient (Wildman–Crippen LogP) is 4.03. The molecule has 2 N–H and O–H groups in total. The van der Waals surface area contributed by atoms with Crippen molar-refractivity contribution < 1.29 is 14.3 Å². The van der Waals surface area contributed by atoms with E-state index in [9.17, 15) is 14.7 Å². The second-order valence-corrected chi connectivity index (χ2v) is 8.46. The van der Waals surface area contributed by atoms with Crippen molar-refractivity contribution in [2.45, 2.75) is 13.5 Å². The van der Waals surface area contributed by atoms with Crippen molar-refractivity contribution >= 4 is 57.2 Å². The smallest absolute Gasteiger partial charge is 0.341 e. The number of carbonyl (C=O) groups is 1. The maximum Gasteiger partial charge on any atom is 0.341 e. The van der Waals surface area contributed by atoms with E-state index in [0.29, 0.717) is 54.1 Å². The van der Waals surface area contributed by atoms with Gasteiger partial charge in [0.2, 0.25) is 5.43 Å². The van der Waals surface area contributed by atoms with Crippen LogP contribution in [0.2, 0.25) is 5.02 Å².